The van der Waals surface area contributed by atoms with Crippen LogP contribution in [0, 0.1) is 5.82 Å². The molecular weight excluding hydrogens is 317 g/mol. The monoisotopic (exact) mass is 337 g/mol. The lowest BCUT2D eigenvalue weighted by Crippen LogP contribution is -2.47. The molecule has 0 bridgehead atoms. The van der Waals surface area contributed by atoms with Crippen molar-refractivity contribution in [3.8, 4) is 0 Å². The number of aromatic nitrogens is 1. The third-order valence-electron chi connectivity index (χ3n) is 4.02. The van der Waals surface area contributed by atoms with Crippen molar-refractivity contribution in [2.45, 2.75) is 13.3 Å². The maximum Gasteiger partial charge on any atom is 0.307 e. The van der Waals surface area contributed by atoms with Gasteiger partial charge in [0.05, 0.1) is 17.7 Å². The number of halogens is 1. The first-order chi connectivity index (χ1) is 11.2. The van der Waals surface area contributed by atoms with Crippen molar-refractivity contribution in [3.63, 3.8) is 0 Å². The minimum atomic E-state index is -0.225. The first-order valence-electron chi connectivity index (χ1n) is 7.85. The van der Waals surface area contributed by atoms with Gasteiger partial charge in [0.25, 0.3) is 0 Å². The van der Waals surface area contributed by atoms with Crippen LogP contribution in [-0.4, -0.2) is 54.6 Å². The normalized spacial score (nSPS) is 16.0. The van der Waals surface area contributed by atoms with Gasteiger partial charge in [-0.25, -0.2) is 4.39 Å². The minimum absolute atomic E-state index is 0.137. The third-order valence-corrected chi connectivity index (χ3v) is 4.82. The summed E-state index contributed by atoms with van der Waals surface area (Å²) in [7, 11) is 0. The second kappa shape index (κ2) is 7.23. The molecule has 1 aromatic carbocycles. The summed E-state index contributed by atoms with van der Waals surface area (Å²) in [5.41, 5.74) is 0. The van der Waals surface area contributed by atoms with Gasteiger partial charge in [0.2, 0.25) is 0 Å². The van der Waals surface area contributed by atoms with Gasteiger partial charge in [0.15, 0.2) is 0 Å². The highest BCUT2D eigenvalue weighted by Gasteiger charge is 2.21. The van der Waals surface area contributed by atoms with E-state index < -0.39 is 0 Å². The number of benzene rings is 1. The van der Waals surface area contributed by atoms with Crippen LogP contribution >= 0.6 is 11.5 Å². The zero-order chi connectivity index (χ0) is 16.2. The Morgan fingerprint density at radius 3 is 2.87 bits per heavy atom. The predicted molar refractivity (Wildman–Crippen MR) is 89.5 cm³/mol. The summed E-state index contributed by atoms with van der Waals surface area (Å²) in [6.07, 6.45) is 0.437. The minimum Gasteiger partial charge on any atom is -0.466 e. The summed E-state index contributed by atoms with van der Waals surface area (Å²) < 4.78 is 23.6. The summed E-state index contributed by atoms with van der Waals surface area (Å²) in [5.74, 6) is 0.578. The molecule has 124 valence electrons. The molecule has 2 heterocycles. The second-order valence-electron chi connectivity index (χ2n) is 5.53. The topological polar surface area (TPSA) is 45.7 Å². The lowest BCUT2D eigenvalue weighted by atomic mass is 10.2. The Morgan fingerprint density at radius 2 is 2.13 bits per heavy atom. The van der Waals surface area contributed by atoms with Crippen LogP contribution in [0.15, 0.2) is 18.2 Å². The number of anilines is 1. The van der Waals surface area contributed by atoms with Crippen molar-refractivity contribution in [1.29, 1.82) is 0 Å². The molecule has 3 rings (SSSR count). The molecule has 1 aromatic heterocycles. The van der Waals surface area contributed by atoms with E-state index in [1.54, 1.807) is 6.07 Å². The highest BCUT2D eigenvalue weighted by Crippen LogP contribution is 2.30. The SMILES string of the molecule is CCOC(=O)CCN1CCN(c2nsc3cc(F)ccc23)CC1. The molecule has 0 N–H and O–H groups in total. The molecule has 23 heavy (non-hydrogen) atoms. The molecule has 1 saturated heterocycles. The molecule has 0 aliphatic carbocycles. The number of fused-ring (bicyclic) bond motifs is 1. The van der Waals surface area contributed by atoms with Crippen molar-refractivity contribution in [2.24, 2.45) is 0 Å². The van der Waals surface area contributed by atoms with Crippen LogP contribution in [0.3, 0.4) is 0 Å². The van der Waals surface area contributed by atoms with E-state index in [4.69, 9.17) is 4.74 Å². The molecule has 0 radical (unpaired) electrons. The van der Waals surface area contributed by atoms with Gasteiger partial charge in [-0.2, -0.15) is 4.37 Å². The Morgan fingerprint density at radius 1 is 1.35 bits per heavy atom. The smallest absolute Gasteiger partial charge is 0.307 e. The average Bonchev–Trinajstić information content (AvgIpc) is 2.96. The second-order valence-corrected chi connectivity index (χ2v) is 6.34. The largest absolute Gasteiger partial charge is 0.466 e. The quantitative estimate of drug-likeness (QED) is 0.785. The molecule has 0 unspecified atom stereocenters. The molecule has 0 amide bonds. The first kappa shape index (κ1) is 16.1. The van der Waals surface area contributed by atoms with Crippen LogP contribution in [-0.2, 0) is 9.53 Å². The van der Waals surface area contributed by atoms with E-state index in [9.17, 15) is 9.18 Å². The van der Waals surface area contributed by atoms with Crippen molar-refractivity contribution < 1.29 is 13.9 Å². The Kier molecular flexibility index (Phi) is 5.07. The molecule has 1 aliphatic heterocycles. The number of nitrogens with zero attached hydrogens (tertiary/aromatic N) is 3. The highest BCUT2D eigenvalue weighted by atomic mass is 32.1. The maximum atomic E-state index is 13.3. The number of piperazine rings is 1. The van der Waals surface area contributed by atoms with Gasteiger partial charge in [-0.1, -0.05) is 0 Å². The maximum absolute atomic E-state index is 13.3. The van der Waals surface area contributed by atoms with E-state index >= 15 is 0 Å². The van der Waals surface area contributed by atoms with Crippen molar-refractivity contribution in [1.82, 2.24) is 9.27 Å². The third kappa shape index (κ3) is 3.79. The van der Waals surface area contributed by atoms with Crippen molar-refractivity contribution in [3.05, 3.63) is 24.0 Å². The van der Waals surface area contributed by atoms with Crippen LogP contribution in [0.2, 0.25) is 0 Å². The molecule has 0 saturated carbocycles. The molecule has 1 aliphatic rings. The summed E-state index contributed by atoms with van der Waals surface area (Å²) >= 11 is 1.34. The fourth-order valence-electron chi connectivity index (χ4n) is 2.79. The van der Waals surface area contributed by atoms with Gasteiger partial charge >= 0.3 is 5.97 Å². The van der Waals surface area contributed by atoms with Gasteiger partial charge in [-0.05, 0) is 36.7 Å². The number of hydrogen-bond acceptors (Lipinski definition) is 6. The van der Waals surface area contributed by atoms with E-state index in [2.05, 4.69) is 14.2 Å². The Labute approximate surface area is 138 Å². The predicted octanol–water partition coefficient (Wildman–Crippen LogP) is 2.51. The van der Waals surface area contributed by atoms with E-state index in [0.717, 1.165) is 48.6 Å². The Bertz CT molecular complexity index is 683. The number of rotatable bonds is 5. The lowest BCUT2D eigenvalue weighted by molar-refractivity contribution is -0.143. The Balaban J connectivity index is 1.57. The van der Waals surface area contributed by atoms with Crippen LogP contribution < -0.4 is 4.90 Å². The molecular formula is C16H20FN3O2S. The average molecular weight is 337 g/mol. The summed E-state index contributed by atoms with van der Waals surface area (Å²) in [6, 6.07) is 4.82. The molecule has 0 spiro atoms. The zero-order valence-electron chi connectivity index (χ0n) is 13.1. The first-order valence-corrected chi connectivity index (χ1v) is 8.62. The van der Waals surface area contributed by atoms with Crippen LogP contribution in [0.1, 0.15) is 13.3 Å². The standard InChI is InChI=1S/C16H20FN3O2S/c1-2-22-15(21)5-6-19-7-9-20(10-8-19)16-13-4-3-12(17)11-14(13)23-18-16/h3-4,11H,2,5-10H2,1H3. The molecule has 1 fully saturated rings. The van der Waals surface area contributed by atoms with Crippen LogP contribution in [0.25, 0.3) is 10.1 Å². The molecule has 0 atom stereocenters. The van der Waals surface area contributed by atoms with Gasteiger partial charge < -0.3 is 9.64 Å². The fraction of sp³-hybridized carbons (Fsp3) is 0.500. The van der Waals surface area contributed by atoms with Crippen LogP contribution in [0.5, 0.6) is 0 Å². The van der Waals surface area contributed by atoms with Crippen molar-refractivity contribution >= 4 is 33.4 Å². The van der Waals surface area contributed by atoms with E-state index in [1.807, 2.05) is 6.92 Å². The van der Waals surface area contributed by atoms with Gasteiger partial charge in [-0.15, -0.1) is 0 Å². The van der Waals surface area contributed by atoms with Gasteiger partial charge in [0, 0.05) is 38.1 Å². The number of esters is 1. The lowest BCUT2D eigenvalue weighted by Gasteiger charge is -2.34. The molecule has 7 heteroatoms. The van der Waals surface area contributed by atoms with E-state index in [-0.39, 0.29) is 11.8 Å². The molecule has 5 nitrogen and oxygen atoms in total. The number of hydrogen-bond donors (Lipinski definition) is 0. The zero-order valence-corrected chi connectivity index (χ0v) is 13.9. The fourth-order valence-corrected chi connectivity index (χ4v) is 3.61. The van der Waals surface area contributed by atoms with Gasteiger partial charge in [0.1, 0.15) is 11.6 Å². The van der Waals surface area contributed by atoms with Crippen LogP contribution in [0.4, 0.5) is 10.2 Å². The number of carbonyl (C=O) groups excluding carboxylic acids is 1. The number of ether oxygens (including phenoxy) is 1. The number of carbonyl (C=O) groups is 1. The summed E-state index contributed by atoms with van der Waals surface area (Å²) in [6.45, 7) is 6.48. The molecule has 2 aromatic rings. The summed E-state index contributed by atoms with van der Waals surface area (Å²) in [5, 5.41) is 1.01. The van der Waals surface area contributed by atoms with Gasteiger partial charge in [-0.3, -0.25) is 9.69 Å². The van der Waals surface area contributed by atoms with Crippen molar-refractivity contribution in [2.75, 3.05) is 44.2 Å². The summed E-state index contributed by atoms with van der Waals surface area (Å²) in [4.78, 5) is 15.9. The Hall–Kier alpha value is -1.73. The van der Waals surface area contributed by atoms with E-state index in [0.29, 0.717) is 13.0 Å². The van der Waals surface area contributed by atoms with E-state index in [1.165, 1.54) is 23.7 Å². The highest BCUT2D eigenvalue weighted by molar-refractivity contribution is 7.13.